The summed E-state index contributed by atoms with van der Waals surface area (Å²) in [5.74, 6) is 0.372. The number of rotatable bonds is 12. The number of hydrogen-bond acceptors (Lipinski definition) is 4. The van der Waals surface area contributed by atoms with Crippen molar-refractivity contribution in [2.75, 3.05) is 6.61 Å². The van der Waals surface area contributed by atoms with Gasteiger partial charge in [-0.3, -0.25) is 0 Å². The van der Waals surface area contributed by atoms with E-state index in [1.54, 1.807) is 0 Å². The zero-order valence-electron chi connectivity index (χ0n) is 16.2. The first-order chi connectivity index (χ1) is 13.2. The highest BCUT2D eigenvalue weighted by Crippen LogP contribution is 2.19. The van der Waals surface area contributed by atoms with Gasteiger partial charge in [-0.25, -0.2) is 4.79 Å². The Morgan fingerprint density at radius 1 is 0.926 bits per heavy atom. The highest BCUT2D eigenvalue weighted by molar-refractivity contribution is 5.77. The minimum atomic E-state index is -0.756. The van der Waals surface area contributed by atoms with Crippen LogP contribution in [0.25, 0.3) is 0 Å². The Labute approximate surface area is 162 Å². The number of carbonyl (C=O) groups excluding carboxylic acids is 1. The van der Waals surface area contributed by atoms with Gasteiger partial charge in [0.15, 0.2) is 0 Å². The van der Waals surface area contributed by atoms with Crippen LogP contribution in [0.3, 0.4) is 0 Å². The molecular weight excluding hydrogens is 338 g/mol. The lowest BCUT2D eigenvalue weighted by Gasteiger charge is -2.13. The minimum Gasteiger partial charge on any atom is -0.489 e. The molecule has 0 aliphatic rings. The second kappa shape index (κ2) is 12.1. The monoisotopic (exact) mass is 369 g/mol. The van der Waals surface area contributed by atoms with Crippen LogP contribution in [0, 0.1) is 0 Å². The van der Waals surface area contributed by atoms with E-state index < -0.39 is 6.04 Å². The lowest BCUT2D eigenvalue weighted by Crippen LogP contribution is -2.24. The first-order valence-electron chi connectivity index (χ1n) is 9.89. The maximum atomic E-state index is 12.1. The Bertz CT molecular complexity index is 655. The summed E-state index contributed by atoms with van der Waals surface area (Å²) >= 11 is 0. The van der Waals surface area contributed by atoms with Crippen LogP contribution < -0.4 is 10.5 Å². The average molecular weight is 370 g/mol. The molecule has 1 atom stereocenters. The summed E-state index contributed by atoms with van der Waals surface area (Å²) in [7, 11) is 0. The predicted octanol–water partition coefficient (Wildman–Crippen LogP) is 5.17. The van der Waals surface area contributed by atoms with Gasteiger partial charge in [0, 0.05) is 0 Å². The van der Waals surface area contributed by atoms with E-state index in [-0.39, 0.29) is 5.97 Å². The molecule has 0 saturated heterocycles. The van der Waals surface area contributed by atoms with E-state index in [1.165, 1.54) is 25.7 Å². The SMILES string of the molecule is CCCCCCCCOC(=O)[C@H](N)c1ccc(OCc2ccccc2)cc1. The van der Waals surface area contributed by atoms with Gasteiger partial charge in [-0.05, 0) is 29.7 Å². The van der Waals surface area contributed by atoms with E-state index in [1.807, 2.05) is 54.6 Å². The van der Waals surface area contributed by atoms with Gasteiger partial charge in [0.2, 0.25) is 0 Å². The van der Waals surface area contributed by atoms with Crippen molar-refractivity contribution in [3.05, 3.63) is 65.7 Å². The van der Waals surface area contributed by atoms with Crippen LogP contribution in [0.4, 0.5) is 0 Å². The summed E-state index contributed by atoms with van der Waals surface area (Å²) in [6.07, 6.45) is 6.95. The number of esters is 1. The van der Waals surface area contributed by atoms with Crippen molar-refractivity contribution >= 4 is 5.97 Å². The van der Waals surface area contributed by atoms with Crippen LogP contribution in [0.15, 0.2) is 54.6 Å². The third-order valence-electron chi connectivity index (χ3n) is 4.48. The smallest absolute Gasteiger partial charge is 0.327 e. The van der Waals surface area contributed by atoms with Crippen molar-refractivity contribution in [1.82, 2.24) is 0 Å². The molecule has 146 valence electrons. The summed E-state index contributed by atoms with van der Waals surface area (Å²) < 4.78 is 11.1. The Balaban J connectivity index is 1.70. The summed E-state index contributed by atoms with van der Waals surface area (Å²) in [5.41, 5.74) is 7.86. The number of carbonyl (C=O) groups is 1. The van der Waals surface area contributed by atoms with Gasteiger partial charge in [0.1, 0.15) is 18.4 Å². The Morgan fingerprint density at radius 3 is 2.30 bits per heavy atom. The van der Waals surface area contributed by atoms with E-state index in [4.69, 9.17) is 15.2 Å². The van der Waals surface area contributed by atoms with Gasteiger partial charge in [-0.1, -0.05) is 81.5 Å². The van der Waals surface area contributed by atoms with E-state index in [9.17, 15) is 4.79 Å². The molecule has 0 aliphatic heterocycles. The lowest BCUT2D eigenvalue weighted by atomic mass is 10.1. The van der Waals surface area contributed by atoms with Crippen LogP contribution in [-0.4, -0.2) is 12.6 Å². The molecule has 0 heterocycles. The van der Waals surface area contributed by atoms with Crippen molar-refractivity contribution in [2.24, 2.45) is 5.73 Å². The fourth-order valence-electron chi connectivity index (χ4n) is 2.79. The molecule has 2 rings (SSSR count). The summed E-state index contributed by atoms with van der Waals surface area (Å²) in [4.78, 5) is 12.1. The first-order valence-corrected chi connectivity index (χ1v) is 9.89. The molecule has 2 N–H and O–H groups in total. The normalized spacial score (nSPS) is 11.8. The van der Waals surface area contributed by atoms with E-state index in [0.717, 1.165) is 29.7 Å². The van der Waals surface area contributed by atoms with Crippen molar-refractivity contribution in [2.45, 2.75) is 58.1 Å². The quantitative estimate of drug-likeness (QED) is 0.414. The molecule has 0 spiro atoms. The second-order valence-electron chi connectivity index (χ2n) is 6.76. The molecule has 27 heavy (non-hydrogen) atoms. The maximum absolute atomic E-state index is 12.1. The number of hydrogen-bond donors (Lipinski definition) is 1. The van der Waals surface area contributed by atoms with Gasteiger partial charge in [0.05, 0.1) is 6.61 Å². The highest BCUT2D eigenvalue weighted by atomic mass is 16.5. The standard InChI is InChI=1S/C23H31NO3/c1-2-3-4-5-6-10-17-26-23(25)22(24)20-13-15-21(16-14-20)27-18-19-11-8-7-9-12-19/h7-9,11-16,22H,2-6,10,17-18,24H2,1H3/t22-/m1/s1. The van der Waals surface area contributed by atoms with Crippen molar-refractivity contribution in [1.29, 1.82) is 0 Å². The van der Waals surface area contributed by atoms with Gasteiger partial charge < -0.3 is 15.2 Å². The molecule has 0 fully saturated rings. The van der Waals surface area contributed by atoms with Crippen molar-refractivity contribution in [3.8, 4) is 5.75 Å². The predicted molar refractivity (Wildman–Crippen MR) is 108 cm³/mol. The molecule has 0 bridgehead atoms. The molecule has 0 radical (unpaired) electrons. The minimum absolute atomic E-state index is 0.374. The fraction of sp³-hybridized carbons (Fsp3) is 0.435. The number of unbranched alkanes of at least 4 members (excludes halogenated alkanes) is 5. The van der Waals surface area contributed by atoms with Crippen LogP contribution in [0.5, 0.6) is 5.75 Å². The molecule has 0 saturated carbocycles. The summed E-state index contributed by atoms with van der Waals surface area (Å²) in [5, 5.41) is 0. The van der Waals surface area contributed by atoms with Gasteiger partial charge in [0.25, 0.3) is 0 Å². The molecule has 0 amide bonds. The summed E-state index contributed by atoms with van der Waals surface area (Å²) in [6.45, 7) is 3.15. The van der Waals surface area contributed by atoms with Crippen LogP contribution in [-0.2, 0) is 16.1 Å². The molecule has 4 nitrogen and oxygen atoms in total. The fourth-order valence-corrected chi connectivity index (χ4v) is 2.79. The third-order valence-corrected chi connectivity index (χ3v) is 4.48. The zero-order valence-corrected chi connectivity index (χ0v) is 16.2. The van der Waals surface area contributed by atoms with Crippen LogP contribution >= 0.6 is 0 Å². The summed E-state index contributed by atoms with van der Waals surface area (Å²) in [6, 6.07) is 16.5. The number of benzene rings is 2. The molecule has 0 unspecified atom stereocenters. The zero-order chi connectivity index (χ0) is 19.3. The largest absolute Gasteiger partial charge is 0.489 e. The van der Waals surface area contributed by atoms with E-state index in [2.05, 4.69) is 6.92 Å². The highest BCUT2D eigenvalue weighted by Gasteiger charge is 2.17. The molecule has 4 heteroatoms. The van der Waals surface area contributed by atoms with Crippen LogP contribution in [0.1, 0.15) is 62.6 Å². The number of nitrogens with two attached hydrogens (primary N) is 1. The lowest BCUT2D eigenvalue weighted by molar-refractivity contribution is -0.145. The Kier molecular flexibility index (Phi) is 9.42. The third kappa shape index (κ3) is 7.83. The topological polar surface area (TPSA) is 61.5 Å². The second-order valence-corrected chi connectivity index (χ2v) is 6.76. The van der Waals surface area contributed by atoms with Crippen molar-refractivity contribution < 1.29 is 14.3 Å². The van der Waals surface area contributed by atoms with Crippen LogP contribution in [0.2, 0.25) is 0 Å². The van der Waals surface area contributed by atoms with Gasteiger partial charge in [-0.15, -0.1) is 0 Å². The average Bonchev–Trinajstić information content (AvgIpc) is 2.72. The van der Waals surface area contributed by atoms with E-state index >= 15 is 0 Å². The Morgan fingerprint density at radius 2 is 1.59 bits per heavy atom. The maximum Gasteiger partial charge on any atom is 0.327 e. The Hall–Kier alpha value is -2.33. The number of ether oxygens (including phenoxy) is 2. The first kappa shape index (κ1) is 21.0. The molecule has 2 aromatic rings. The van der Waals surface area contributed by atoms with Gasteiger partial charge >= 0.3 is 5.97 Å². The molecule has 0 aliphatic carbocycles. The van der Waals surface area contributed by atoms with Gasteiger partial charge in [-0.2, -0.15) is 0 Å². The van der Waals surface area contributed by atoms with Crippen molar-refractivity contribution in [3.63, 3.8) is 0 Å². The molecule has 0 aromatic heterocycles. The van der Waals surface area contributed by atoms with E-state index in [0.29, 0.717) is 13.2 Å². The molecular formula is C23H31NO3. The molecule has 2 aromatic carbocycles.